The molecule has 1 heterocycles. The molecule has 1 aliphatic rings. The molecule has 2 rings (SSSR count). The Hall–Kier alpha value is -1.09. The van der Waals surface area contributed by atoms with E-state index in [0.717, 1.165) is 29.8 Å². The first-order valence-electron chi connectivity index (χ1n) is 6.40. The minimum absolute atomic E-state index is 0.866. The molecule has 92 valence electrons. The van der Waals surface area contributed by atoms with Gasteiger partial charge in [-0.05, 0) is 43.1 Å². The van der Waals surface area contributed by atoms with Crippen LogP contribution in [0.2, 0.25) is 0 Å². The first kappa shape index (κ1) is 12.4. The first-order chi connectivity index (χ1) is 8.29. The lowest BCUT2D eigenvalue weighted by Gasteiger charge is -2.33. The first-order valence-corrected chi connectivity index (χ1v) is 6.81. The van der Waals surface area contributed by atoms with Crippen LogP contribution in [-0.2, 0) is 0 Å². The van der Waals surface area contributed by atoms with E-state index in [4.69, 9.17) is 12.2 Å². The second kappa shape index (κ2) is 6.01. The van der Waals surface area contributed by atoms with Crippen LogP contribution in [0.1, 0.15) is 26.2 Å². The van der Waals surface area contributed by atoms with Crippen LogP contribution < -0.4 is 5.32 Å². The monoisotopic (exact) mass is 248 g/mol. The van der Waals surface area contributed by atoms with Crippen molar-refractivity contribution in [2.24, 2.45) is 5.92 Å². The zero-order valence-corrected chi connectivity index (χ0v) is 11.2. The van der Waals surface area contributed by atoms with Crippen molar-refractivity contribution in [1.82, 2.24) is 4.90 Å². The number of piperidine rings is 1. The van der Waals surface area contributed by atoms with Crippen LogP contribution in [0, 0.1) is 5.92 Å². The fraction of sp³-hybridized carbons (Fsp3) is 0.500. The molecular formula is C14H20N2S. The number of anilines is 1. The van der Waals surface area contributed by atoms with Gasteiger partial charge >= 0.3 is 0 Å². The molecule has 1 aromatic carbocycles. The van der Waals surface area contributed by atoms with E-state index in [1.54, 1.807) is 0 Å². The molecule has 0 atom stereocenters. The summed E-state index contributed by atoms with van der Waals surface area (Å²) in [5, 5.41) is 4.17. The van der Waals surface area contributed by atoms with Gasteiger partial charge < -0.3 is 10.2 Å². The summed E-state index contributed by atoms with van der Waals surface area (Å²) in [5.41, 5.74) is 1.08. The number of hydrogen-bond acceptors (Lipinski definition) is 1. The van der Waals surface area contributed by atoms with Crippen molar-refractivity contribution in [2.45, 2.75) is 26.2 Å². The topological polar surface area (TPSA) is 15.3 Å². The molecule has 2 nitrogen and oxygen atoms in total. The summed E-state index contributed by atoms with van der Waals surface area (Å²) in [6, 6.07) is 10.2. The van der Waals surface area contributed by atoms with E-state index in [2.05, 4.69) is 17.1 Å². The van der Waals surface area contributed by atoms with Crippen molar-refractivity contribution in [3.05, 3.63) is 30.3 Å². The highest BCUT2D eigenvalue weighted by Gasteiger charge is 2.19. The summed E-state index contributed by atoms with van der Waals surface area (Å²) in [7, 11) is 0. The van der Waals surface area contributed by atoms with Crippen LogP contribution >= 0.6 is 12.2 Å². The number of benzene rings is 1. The van der Waals surface area contributed by atoms with Crippen LogP contribution in [0.15, 0.2) is 30.3 Å². The van der Waals surface area contributed by atoms with Crippen LogP contribution in [0.25, 0.3) is 0 Å². The van der Waals surface area contributed by atoms with Gasteiger partial charge in [0.1, 0.15) is 0 Å². The zero-order valence-electron chi connectivity index (χ0n) is 10.4. The van der Waals surface area contributed by atoms with Gasteiger partial charge in [0.05, 0.1) is 0 Å². The van der Waals surface area contributed by atoms with Crippen molar-refractivity contribution >= 4 is 23.0 Å². The molecule has 1 aromatic rings. The Morgan fingerprint density at radius 2 is 1.94 bits per heavy atom. The third kappa shape index (κ3) is 3.43. The van der Waals surface area contributed by atoms with Crippen LogP contribution in [-0.4, -0.2) is 23.1 Å². The summed E-state index contributed by atoms with van der Waals surface area (Å²) < 4.78 is 0. The molecule has 0 aliphatic carbocycles. The van der Waals surface area contributed by atoms with Crippen molar-refractivity contribution in [1.29, 1.82) is 0 Å². The third-order valence-corrected chi connectivity index (χ3v) is 3.86. The van der Waals surface area contributed by atoms with Crippen molar-refractivity contribution in [3.63, 3.8) is 0 Å². The minimum Gasteiger partial charge on any atom is -0.349 e. The molecule has 0 saturated carbocycles. The molecule has 0 bridgehead atoms. The average Bonchev–Trinajstić information content (AvgIpc) is 2.40. The molecule has 0 radical (unpaired) electrons. The third-order valence-electron chi connectivity index (χ3n) is 3.50. The van der Waals surface area contributed by atoms with E-state index < -0.39 is 0 Å². The van der Waals surface area contributed by atoms with Gasteiger partial charge in [-0.3, -0.25) is 0 Å². The number of likely N-dealkylation sites (tertiary alicyclic amines) is 1. The van der Waals surface area contributed by atoms with Crippen LogP contribution in [0.5, 0.6) is 0 Å². The summed E-state index contributed by atoms with van der Waals surface area (Å²) in [4.78, 5) is 2.29. The van der Waals surface area contributed by atoms with E-state index in [-0.39, 0.29) is 0 Å². The van der Waals surface area contributed by atoms with E-state index in [1.165, 1.54) is 19.3 Å². The van der Waals surface area contributed by atoms with Gasteiger partial charge in [-0.15, -0.1) is 0 Å². The second-order valence-electron chi connectivity index (χ2n) is 4.63. The molecule has 0 amide bonds. The molecule has 1 N–H and O–H groups in total. The predicted molar refractivity (Wildman–Crippen MR) is 77.3 cm³/mol. The summed E-state index contributed by atoms with van der Waals surface area (Å²) >= 11 is 5.45. The van der Waals surface area contributed by atoms with E-state index in [9.17, 15) is 0 Å². The Kier molecular flexibility index (Phi) is 4.37. The average molecular weight is 248 g/mol. The van der Waals surface area contributed by atoms with Crippen LogP contribution in [0.3, 0.4) is 0 Å². The number of nitrogens with one attached hydrogen (secondary N) is 1. The summed E-state index contributed by atoms with van der Waals surface area (Å²) in [6.45, 7) is 4.47. The number of thiocarbonyl (C=S) groups is 1. The quantitative estimate of drug-likeness (QED) is 0.806. The summed E-state index contributed by atoms with van der Waals surface area (Å²) in [5.74, 6) is 0.894. The van der Waals surface area contributed by atoms with Crippen LogP contribution in [0.4, 0.5) is 5.69 Å². The van der Waals surface area contributed by atoms with Gasteiger partial charge in [0.15, 0.2) is 5.11 Å². The number of hydrogen-bond donors (Lipinski definition) is 1. The lowest BCUT2D eigenvalue weighted by atomic mass is 9.95. The van der Waals surface area contributed by atoms with Crippen molar-refractivity contribution in [3.8, 4) is 0 Å². The zero-order chi connectivity index (χ0) is 12.1. The Morgan fingerprint density at radius 1 is 1.29 bits per heavy atom. The number of rotatable bonds is 2. The highest BCUT2D eigenvalue weighted by atomic mass is 32.1. The summed E-state index contributed by atoms with van der Waals surface area (Å²) in [6.07, 6.45) is 3.84. The maximum Gasteiger partial charge on any atom is 0.173 e. The Labute approximate surface area is 109 Å². The fourth-order valence-electron chi connectivity index (χ4n) is 2.27. The second-order valence-corrected chi connectivity index (χ2v) is 5.02. The maximum absolute atomic E-state index is 5.45. The van der Waals surface area contributed by atoms with E-state index >= 15 is 0 Å². The smallest absolute Gasteiger partial charge is 0.173 e. The van der Waals surface area contributed by atoms with Gasteiger partial charge in [-0.1, -0.05) is 31.5 Å². The SMILES string of the molecule is CCC1CCN(C(=S)Nc2ccccc2)CC1. The highest BCUT2D eigenvalue weighted by molar-refractivity contribution is 7.80. The predicted octanol–water partition coefficient (Wildman–Crippen LogP) is 3.51. The molecule has 1 aliphatic heterocycles. The fourth-order valence-corrected chi connectivity index (χ4v) is 2.57. The lowest BCUT2D eigenvalue weighted by molar-refractivity contribution is 0.264. The lowest BCUT2D eigenvalue weighted by Crippen LogP contribution is -2.40. The molecule has 17 heavy (non-hydrogen) atoms. The van der Waals surface area contributed by atoms with E-state index in [0.29, 0.717) is 0 Å². The number of para-hydroxylation sites is 1. The largest absolute Gasteiger partial charge is 0.349 e. The van der Waals surface area contributed by atoms with Gasteiger partial charge in [0, 0.05) is 18.8 Å². The van der Waals surface area contributed by atoms with Gasteiger partial charge in [-0.25, -0.2) is 0 Å². The standard InChI is InChI=1S/C14H20N2S/c1-2-12-8-10-16(11-9-12)14(17)15-13-6-4-3-5-7-13/h3-7,12H,2,8-11H2,1H3,(H,15,17). The number of nitrogens with zero attached hydrogens (tertiary/aromatic N) is 1. The maximum atomic E-state index is 5.45. The van der Waals surface area contributed by atoms with Crippen molar-refractivity contribution in [2.75, 3.05) is 18.4 Å². The molecule has 0 unspecified atom stereocenters. The van der Waals surface area contributed by atoms with Gasteiger partial charge in [-0.2, -0.15) is 0 Å². The van der Waals surface area contributed by atoms with E-state index in [1.807, 2.05) is 30.3 Å². The Balaban J connectivity index is 1.85. The highest BCUT2D eigenvalue weighted by Crippen LogP contribution is 2.20. The minimum atomic E-state index is 0.866. The van der Waals surface area contributed by atoms with Gasteiger partial charge in [0.25, 0.3) is 0 Å². The molecule has 1 fully saturated rings. The van der Waals surface area contributed by atoms with Gasteiger partial charge in [0.2, 0.25) is 0 Å². The molecular weight excluding hydrogens is 228 g/mol. The molecule has 0 spiro atoms. The Morgan fingerprint density at radius 3 is 2.53 bits per heavy atom. The van der Waals surface area contributed by atoms with Crippen molar-refractivity contribution < 1.29 is 0 Å². The Bertz CT molecular complexity index is 356. The molecule has 1 saturated heterocycles. The normalized spacial score (nSPS) is 16.9. The molecule has 3 heteroatoms. The molecule has 0 aromatic heterocycles.